The molecule has 98 valence electrons. The van der Waals surface area contributed by atoms with Crippen molar-refractivity contribution in [3.63, 3.8) is 0 Å². The lowest BCUT2D eigenvalue weighted by molar-refractivity contribution is 0.591. The van der Waals surface area contributed by atoms with Gasteiger partial charge >= 0.3 is 0 Å². The van der Waals surface area contributed by atoms with Crippen LogP contribution in [0.3, 0.4) is 0 Å². The van der Waals surface area contributed by atoms with Crippen LogP contribution in [0.15, 0.2) is 42.5 Å². The Morgan fingerprint density at radius 2 is 1.53 bits per heavy atom. The Labute approximate surface area is 115 Å². The molecule has 0 atom stereocenters. The van der Waals surface area contributed by atoms with Crippen LogP contribution in [0.5, 0.6) is 0 Å². The number of para-hydroxylation sites is 1. The zero-order valence-electron chi connectivity index (χ0n) is 10.2. The second kappa shape index (κ2) is 5.75. The second-order valence-corrected chi connectivity index (χ2v) is 4.45. The summed E-state index contributed by atoms with van der Waals surface area (Å²) in [6.45, 7) is 1.97. The van der Waals surface area contributed by atoms with E-state index in [1.54, 1.807) is 0 Å². The Bertz CT molecular complexity index is 577. The summed E-state index contributed by atoms with van der Waals surface area (Å²) in [4.78, 5) is 0. The zero-order valence-corrected chi connectivity index (χ0v) is 11.0. The highest BCUT2D eigenvalue weighted by atomic mass is 32.1. The highest BCUT2D eigenvalue weighted by molar-refractivity contribution is 7.80. The number of rotatable bonds is 2. The Morgan fingerprint density at radius 1 is 0.947 bits per heavy atom. The van der Waals surface area contributed by atoms with E-state index in [0.717, 1.165) is 11.3 Å². The quantitative estimate of drug-likeness (QED) is 0.809. The van der Waals surface area contributed by atoms with Gasteiger partial charge in [-0.3, -0.25) is 0 Å². The van der Waals surface area contributed by atoms with Gasteiger partial charge in [0.2, 0.25) is 0 Å². The van der Waals surface area contributed by atoms with Crippen LogP contribution in [0.4, 0.5) is 20.2 Å². The predicted octanol–water partition coefficient (Wildman–Crippen LogP) is 4.08. The van der Waals surface area contributed by atoms with Gasteiger partial charge in [-0.05, 0) is 43.4 Å². The van der Waals surface area contributed by atoms with Gasteiger partial charge in [-0.2, -0.15) is 0 Å². The molecular weight excluding hydrogens is 266 g/mol. The number of thiocarbonyl (C=S) groups is 1. The summed E-state index contributed by atoms with van der Waals surface area (Å²) in [5.74, 6) is -1.37. The van der Waals surface area contributed by atoms with Crippen LogP contribution >= 0.6 is 12.2 Å². The number of aryl methyl sites for hydroxylation is 1. The Balaban J connectivity index is 2.07. The molecule has 2 rings (SSSR count). The lowest BCUT2D eigenvalue weighted by Crippen LogP contribution is -2.20. The van der Waals surface area contributed by atoms with Crippen molar-refractivity contribution in [2.75, 3.05) is 10.6 Å². The predicted molar refractivity (Wildman–Crippen MR) is 77.4 cm³/mol. The van der Waals surface area contributed by atoms with Crippen molar-refractivity contribution in [3.8, 4) is 0 Å². The van der Waals surface area contributed by atoms with E-state index in [4.69, 9.17) is 12.2 Å². The number of hydrogen-bond acceptors (Lipinski definition) is 1. The van der Waals surface area contributed by atoms with E-state index in [2.05, 4.69) is 10.6 Å². The average Bonchev–Trinajstić information content (AvgIpc) is 2.37. The molecule has 0 fully saturated rings. The van der Waals surface area contributed by atoms with Crippen molar-refractivity contribution < 1.29 is 8.78 Å². The van der Waals surface area contributed by atoms with E-state index in [1.807, 2.05) is 31.2 Å². The van der Waals surface area contributed by atoms with Crippen molar-refractivity contribution in [2.45, 2.75) is 6.92 Å². The van der Waals surface area contributed by atoms with Crippen LogP contribution in [0.2, 0.25) is 0 Å². The molecule has 0 saturated heterocycles. The Hall–Kier alpha value is -2.01. The van der Waals surface area contributed by atoms with Crippen LogP contribution < -0.4 is 10.6 Å². The topological polar surface area (TPSA) is 24.1 Å². The first kappa shape index (κ1) is 13.4. The molecule has 2 aromatic carbocycles. The van der Waals surface area contributed by atoms with Crippen LogP contribution in [0.1, 0.15) is 5.56 Å². The minimum absolute atomic E-state index is 0.132. The van der Waals surface area contributed by atoms with Crippen molar-refractivity contribution in [3.05, 3.63) is 59.7 Å². The molecule has 0 aliphatic rings. The maximum atomic E-state index is 13.4. The van der Waals surface area contributed by atoms with Crippen LogP contribution in [0, 0.1) is 18.6 Å². The summed E-state index contributed by atoms with van der Waals surface area (Å²) in [5, 5.41) is 5.50. The maximum absolute atomic E-state index is 13.4. The number of halogens is 2. The van der Waals surface area contributed by atoms with E-state index in [1.165, 1.54) is 18.2 Å². The molecular formula is C14H12F2N2S. The van der Waals surface area contributed by atoms with Crippen molar-refractivity contribution in [2.24, 2.45) is 0 Å². The van der Waals surface area contributed by atoms with Gasteiger partial charge < -0.3 is 10.6 Å². The number of anilines is 2. The molecule has 0 aliphatic carbocycles. The first-order valence-corrected chi connectivity index (χ1v) is 6.06. The number of hydrogen-bond donors (Lipinski definition) is 2. The van der Waals surface area contributed by atoms with Crippen molar-refractivity contribution >= 4 is 28.7 Å². The monoisotopic (exact) mass is 278 g/mol. The standard InChI is InChI=1S/C14H12F2N2S/c1-9-5-7-10(8-6-9)17-14(19)18-13-11(15)3-2-4-12(13)16/h2-8H,1H3,(H2,17,18,19). The smallest absolute Gasteiger partial charge is 0.175 e. The second-order valence-electron chi connectivity index (χ2n) is 4.04. The molecule has 0 aliphatic heterocycles. The fourth-order valence-electron chi connectivity index (χ4n) is 1.53. The summed E-state index contributed by atoms with van der Waals surface area (Å²) >= 11 is 5.01. The third-order valence-electron chi connectivity index (χ3n) is 2.51. The van der Waals surface area contributed by atoms with Crippen LogP contribution in [-0.4, -0.2) is 5.11 Å². The summed E-state index contributed by atoms with van der Waals surface area (Å²) in [6.07, 6.45) is 0. The number of benzene rings is 2. The van der Waals surface area contributed by atoms with Crippen LogP contribution in [0.25, 0.3) is 0 Å². The van der Waals surface area contributed by atoms with E-state index in [0.29, 0.717) is 0 Å². The average molecular weight is 278 g/mol. The van der Waals surface area contributed by atoms with Gasteiger partial charge in [-0.15, -0.1) is 0 Å². The molecule has 0 saturated carbocycles. The highest BCUT2D eigenvalue weighted by Crippen LogP contribution is 2.18. The Morgan fingerprint density at radius 3 is 2.11 bits per heavy atom. The van der Waals surface area contributed by atoms with Gasteiger partial charge in [-0.1, -0.05) is 23.8 Å². The SMILES string of the molecule is Cc1ccc(NC(=S)Nc2c(F)cccc2F)cc1. The normalized spacial score (nSPS) is 10.1. The van der Waals surface area contributed by atoms with E-state index < -0.39 is 11.6 Å². The molecule has 0 amide bonds. The molecule has 0 spiro atoms. The molecule has 2 nitrogen and oxygen atoms in total. The minimum Gasteiger partial charge on any atom is -0.332 e. The van der Waals surface area contributed by atoms with E-state index in [-0.39, 0.29) is 10.8 Å². The molecule has 5 heteroatoms. The maximum Gasteiger partial charge on any atom is 0.175 e. The fraction of sp³-hybridized carbons (Fsp3) is 0.0714. The molecule has 19 heavy (non-hydrogen) atoms. The summed E-state index contributed by atoms with van der Waals surface area (Å²) in [5.41, 5.74) is 1.61. The van der Waals surface area contributed by atoms with E-state index in [9.17, 15) is 8.78 Å². The fourth-order valence-corrected chi connectivity index (χ4v) is 1.75. The molecule has 0 bridgehead atoms. The van der Waals surface area contributed by atoms with Gasteiger partial charge in [0.1, 0.15) is 17.3 Å². The first-order chi connectivity index (χ1) is 9.06. The lowest BCUT2D eigenvalue weighted by Gasteiger charge is -2.12. The van der Waals surface area contributed by atoms with Gasteiger partial charge in [-0.25, -0.2) is 8.78 Å². The summed E-state index contributed by atoms with van der Waals surface area (Å²) < 4.78 is 26.8. The Kier molecular flexibility index (Phi) is 4.06. The van der Waals surface area contributed by atoms with Crippen LogP contribution in [-0.2, 0) is 0 Å². The summed E-state index contributed by atoms with van der Waals surface area (Å²) in [7, 11) is 0. The number of nitrogens with one attached hydrogen (secondary N) is 2. The summed E-state index contributed by atoms with van der Waals surface area (Å²) in [6, 6.07) is 11.1. The molecule has 0 unspecified atom stereocenters. The third kappa shape index (κ3) is 3.48. The van der Waals surface area contributed by atoms with Gasteiger partial charge in [0.05, 0.1) is 0 Å². The molecule has 0 radical (unpaired) electrons. The molecule has 2 aromatic rings. The van der Waals surface area contributed by atoms with Gasteiger partial charge in [0.15, 0.2) is 5.11 Å². The zero-order chi connectivity index (χ0) is 13.8. The van der Waals surface area contributed by atoms with E-state index >= 15 is 0 Å². The third-order valence-corrected chi connectivity index (χ3v) is 2.71. The van der Waals surface area contributed by atoms with Crippen molar-refractivity contribution in [1.29, 1.82) is 0 Å². The highest BCUT2D eigenvalue weighted by Gasteiger charge is 2.09. The minimum atomic E-state index is -0.687. The molecule has 0 heterocycles. The largest absolute Gasteiger partial charge is 0.332 e. The molecule has 2 N–H and O–H groups in total. The molecule has 0 aromatic heterocycles. The van der Waals surface area contributed by atoms with Gasteiger partial charge in [0, 0.05) is 5.69 Å². The first-order valence-electron chi connectivity index (χ1n) is 5.65. The van der Waals surface area contributed by atoms with Gasteiger partial charge in [0.25, 0.3) is 0 Å². The van der Waals surface area contributed by atoms with Crippen molar-refractivity contribution in [1.82, 2.24) is 0 Å². The lowest BCUT2D eigenvalue weighted by atomic mass is 10.2.